The third kappa shape index (κ3) is 4.40. The fraction of sp³-hybridized carbons (Fsp3) is 0.368. The first-order chi connectivity index (χ1) is 10.2. The largest absolute Gasteiger partial charge is 0.313 e. The van der Waals surface area contributed by atoms with E-state index in [0.717, 1.165) is 29.7 Å². The summed E-state index contributed by atoms with van der Waals surface area (Å²) in [4.78, 5) is 0. The topological polar surface area (TPSA) is 12.0 Å². The molecular formula is C19H24FN. The second-order valence-electron chi connectivity index (χ2n) is 5.39. The van der Waals surface area contributed by atoms with E-state index in [-0.39, 0.29) is 5.82 Å². The Kier molecular flexibility index (Phi) is 5.94. The third-order valence-electron chi connectivity index (χ3n) is 3.72. The second-order valence-corrected chi connectivity index (χ2v) is 5.39. The van der Waals surface area contributed by atoms with Crippen LogP contribution in [0.4, 0.5) is 4.39 Å². The van der Waals surface area contributed by atoms with Gasteiger partial charge in [-0.25, -0.2) is 4.39 Å². The molecule has 21 heavy (non-hydrogen) atoms. The van der Waals surface area contributed by atoms with E-state index in [1.807, 2.05) is 19.1 Å². The number of aryl methyl sites for hydroxylation is 1. The molecule has 2 heteroatoms. The molecule has 0 spiro atoms. The lowest BCUT2D eigenvalue weighted by Crippen LogP contribution is -2.12. The number of halogens is 1. The maximum absolute atomic E-state index is 14.1. The molecule has 0 aromatic heterocycles. The first-order valence-electron chi connectivity index (χ1n) is 7.83. The highest BCUT2D eigenvalue weighted by Gasteiger charge is 2.05. The normalized spacial score (nSPS) is 10.8. The van der Waals surface area contributed by atoms with Crippen molar-refractivity contribution in [2.45, 2.75) is 39.7 Å². The van der Waals surface area contributed by atoms with Crippen molar-refractivity contribution in [1.29, 1.82) is 0 Å². The molecular weight excluding hydrogens is 261 g/mol. The zero-order valence-corrected chi connectivity index (χ0v) is 13.0. The first-order valence-corrected chi connectivity index (χ1v) is 7.83. The number of benzene rings is 2. The van der Waals surface area contributed by atoms with Gasteiger partial charge in [-0.3, -0.25) is 0 Å². The number of rotatable bonds is 7. The van der Waals surface area contributed by atoms with Crippen molar-refractivity contribution in [2.24, 2.45) is 0 Å². The molecule has 0 atom stereocenters. The van der Waals surface area contributed by atoms with Crippen LogP contribution in [0.25, 0.3) is 11.1 Å². The molecule has 0 radical (unpaired) electrons. The number of unbranched alkanes of at least 4 members (excludes halogenated alkanes) is 1. The van der Waals surface area contributed by atoms with Crippen molar-refractivity contribution in [3.63, 3.8) is 0 Å². The summed E-state index contributed by atoms with van der Waals surface area (Å²) in [6.45, 7) is 5.65. The first kappa shape index (κ1) is 15.7. The lowest BCUT2D eigenvalue weighted by Gasteiger charge is -2.08. The summed E-state index contributed by atoms with van der Waals surface area (Å²) >= 11 is 0. The quantitative estimate of drug-likeness (QED) is 0.759. The van der Waals surface area contributed by atoms with Crippen LogP contribution in [0.15, 0.2) is 42.5 Å². The minimum absolute atomic E-state index is 0.136. The van der Waals surface area contributed by atoms with Crippen LogP contribution >= 0.6 is 0 Å². The van der Waals surface area contributed by atoms with Gasteiger partial charge in [0.15, 0.2) is 0 Å². The highest BCUT2D eigenvalue weighted by molar-refractivity contribution is 5.64. The van der Waals surface area contributed by atoms with Crippen LogP contribution in [0, 0.1) is 5.82 Å². The van der Waals surface area contributed by atoms with Gasteiger partial charge >= 0.3 is 0 Å². The molecule has 0 amide bonds. The Morgan fingerprint density at radius 1 is 0.952 bits per heavy atom. The van der Waals surface area contributed by atoms with Crippen LogP contribution < -0.4 is 5.32 Å². The third-order valence-corrected chi connectivity index (χ3v) is 3.72. The Bertz CT molecular complexity index is 560. The summed E-state index contributed by atoms with van der Waals surface area (Å²) in [5.74, 6) is -0.136. The molecule has 0 bridgehead atoms. The highest BCUT2D eigenvalue weighted by atomic mass is 19.1. The zero-order chi connectivity index (χ0) is 15.1. The van der Waals surface area contributed by atoms with Gasteiger partial charge in [0.1, 0.15) is 5.82 Å². The van der Waals surface area contributed by atoms with Crippen molar-refractivity contribution in [1.82, 2.24) is 5.32 Å². The second kappa shape index (κ2) is 7.94. The van der Waals surface area contributed by atoms with Crippen molar-refractivity contribution < 1.29 is 4.39 Å². The maximum Gasteiger partial charge on any atom is 0.128 e. The van der Waals surface area contributed by atoms with E-state index in [2.05, 4.69) is 36.5 Å². The molecule has 0 heterocycles. The van der Waals surface area contributed by atoms with E-state index in [4.69, 9.17) is 0 Å². The zero-order valence-electron chi connectivity index (χ0n) is 13.0. The molecule has 0 fully saturated rings. The molecule has 0 unspecified atom stereocenters. The van der Waals surface area contributed by atoms with Crippen molar-refractivity contribution in [3.05, 3.63) is 59.4 Å². The Hall–Kier alpha value is -1.67. The van der Waals surface area contributed by atoms with Crippen molar-refractivity contribution in [2.75, 3.05) is 6.54 Å². The van der Waals surface area contributed by atoms with E-state index < -0.39 is 0 Å². The molecule has 0 saturated carbocycles. The molecule has 0 aliphatic carbocycles. The van der Waals surface area contributed by atoms with Crippen LogP contribution in [-0.2, 0) is 13.0 Å². The van der Waals surface area contributed by atoms with E-state index >= 15 is 0 Å². The summed E-state index contributed by atoms with van der Waals surface area (Å²) in [6.07, 6.45) is 3.54. The Morgan fingerprint density at radius 3 is 2.29 bits per heavy atom. The minimum Gasteiger partial charge on any atom is -0.313 e. The SMILES string of the molecule is CCCCc1ccc(-c2ccc(CNCC)c(F)c2)cc1. The predicted octanol–water partition coefficient (Wildman–Crippen LogP) is 4.94. The van der Waals surface area contributed by atoms with Crippen LogP contribution in [-0.4, -0.2) is 6.54 Å². The van der Waals surface area contributed by atoms with Gasteiger partial charge in [0.05, 0.1) is 0 Å². The average Bonchev–Trinajstić information content (AvgIpc) is 2.52. The Morgan fingerprint density at radius 2 is 1.67 bits per heavy atom. The summed E-state index contributed by atoms with van der Waals surface area (Å²) in [5.41, 5.74) is 4.09. The molecule has 1 nitrogen and oxygen atoms in total. The Labute approximate surface area is 127 Å². The summed E-state index contributed by atoms with van der Waals surface area (Å²) in [7, 11) is 0. The van der Waals surface area contributed by atoms with E-state index in [0.29, 0.717) is 6.54 Å². The van der Waals surface area contributed by atoms with Crippen LogP contribution in [0.2, 0.25) is 0 Å². The fourth-order valence-electron chi connectivity index (χ4n) is 2.37. The van der Waals surface area contributed by atoms with E-state index in [1.165, 1.54) is 18.4 Å². The molecule has 112 valence electrons. The molecule has 2 aromatic rings. The standard InChI is InChI=1S/C19H24FN/c1-3-5-6-15-7-9-16(10-8-15)17-11-12-18(14-21-4-2)19(20)13-17/h7-13,21H,3-6,14H2,1-2H3. The highest BCUT2D eigenvalue weighted by Crippen LogP contribution is 2.23. The molecule has 0 aliphatic rings. The maximum atomic E-state index is 14.1. The van der Waals surface area contributed by atoms with Gasteiger partial charge in [-0.2, -0.15) is 0 Å². The predicted molar refractivity (Wildman–Crippen MR) is 87.8 cm³/mol. The summed E-state index contributed by atoms with van der Waals surface area (Å²) in [5, 5.41) is 3.15. The van der Waals surface area contributed by atoms with E-state index in [9.17, 15) is 4.39 Å². The van der Waals surface area contributed by atoms with Gasteiger partial charge in [0.2, 0.25) is 0 Å². The fourth-order valence-corrected chi connectivity index (χ4v) is 2.37. The number of hydrogen-bond donors (Lipinski definition) is 1. The van der Waals surface area contributed by atoms with Gasteiger partial charge in [0, 0.05) is 12.1 Å². The van der Waals surface area contributed by atoms with Gasteiger partial charge in [-0.1, -0.05) is 56.7 Å². The van der Waals surface area contributed by atoms with Gasteiger partial charge in [-0.15, -0.1) is 0 Å². The average molecular weight is 285 g/mol. The monoisotopic (exact) mass is 285 g/mol. The summed E-state index contributed by atoms with van der Waals surface area (Å²) < 4.78 is 14.1. The van der Waals surface area contributed by atoms with Crippen LogP contribution in [0.1, 0.15) is 37.8 Å². The molecule has 1 N–H and O–H groups in total. The van der Waals surface area contributed by atoms with E-state index in [1.54, 1.807) is 6.07 Å². The smallest absolute Gasteiger partial charge is 0.128 e. The van der Waals surface area contributed by atoms with Crippen LogP contribution in [0.3, 0.4) is 0 Å². The van der Waals surface area contributed by atoms with Gasteiger partial charge in [-0.05, 0) is 42.1 Å². The summed E-state index contributed by atoms with van der Waals surface area (Å²) in [6, 6.07) is 14.0. The molecule has 0 aliphatic heterocycles. The van der Waals surface area contributed by atoms with Crippen LogP contribution in [0.5, 0.6) is 0 Å². The Balaban J connectivity index is 2.12. The molecule has 2 rings (SSSR count). The lowest BCUT2D eigenvalue weighted by molar-refractivity contribution is 0.594. The molecule has 2 aromatic carbocycles. The number of nitrogens with one attached hydrogen (secondary N) is 1. The lowest BCUT2D eigenvalue weighted by atomic mass is 10.0. The molecule has 0 saturated heterocycles. The van der Waals surface area contributed by atoms with Crippen molar-refractivity contribution >= 4 is 0 Å². The van der Waals surface area contributed by atoms with Gasteiger partial charge in [0.25, 0.3) is 0 Å². The van der Waals surface area contributed by atoms with Gasteiger partial charge < -0.3 is 5.32 Å². The van der Waals surface area contributed by atoms with Crippen molar-refractivity contribution in [3.8, 4) is 11.1 Å². The minimum atomic E-state index is -0.136. The number of hydrogen-bond acceptors (Lipinski definition) is 1.